The van der Waals surface area contributed by atoms with Gasteiger partial charge in [-0.25, -0.2) is 0 Å². The normalized spacial score (nSPS) is 16.0. The summed E-state index contributed by atoms with van der Waals surface area (Å²) in [7, 11) is 0. The van der Waals surface area contributed by atoms with E-state index >= 15 is 0 Å². The SMILES string of the molecule is CC(C)(C)C(=O)Nc1ccc(NC(=O)C[NH+]2CCOCC2)cc1. The maximum absolute atomic E-state index is 12.0. The lowest BCUT2D eigenvalue weighted by molar-refractivity contribution is -0.899. The molecule has 1 aliphatic heterocycles. The van der Waals surface area contributed by atoms with Crippen LogP contribution in [0.1, 0.15) is 20.8 Å². The first-order valence-corrected chi connectivity index (χ1v) is 7.97. The van der Waals surface area contributed by atoms with Crippen molar-refractivity contribution in [2.45, 2.75) is 20.8 Å². The molecule has 0 bridgehead atoms. The molecule has 23 heavy (non-hydrogen) atoms. The molecule has 0 saturated carbocycles. The first-order valence-electron chi connectivity index (χ1n) is 7.97. The molecule has 1 fully saturated rings. The van der Waals surface area contributed by atoms with E-state index in [1.54, 1.807) is 24.3 Å². The Hall–Kier alpha value is -1.92. The van der Waals surface area contributed by atoms with Crippen LogP contribution < -0.4 is 15.5 Å². The third-order valence-electron chi connectivity index (χ3n) is 3.72. The lowest BCUT2D eigenvalue weighted by Crippen LogP contribution is -3.15. The number of rotatable bonds is 4. The monoisotopic (exact) mass is 320 g/mol. The molecule has 6 heteroatoms. The third-order valence-corrected chi connectivity index (χ3v) is 3.72. The fraction of sp³-hybridized carbons (Fsp3) is 0.529. The number of benzene rings is 1. The summed E-state index contributed by atoms with van der Waals surface area (Å²) in [5.41, 5.74) is 1.02. The van der Waals surface area contributed by atoms with E-state index in [-0.39, 0.29) is 11.8 Å². The lowest BCUT2D eigenvalue weighted by Gasteiger charge is -2.23. The van der Waals surface area contributed by atoms with E-state index < -0.39 is 5.41 Å². The summed E-state index contributed by atoms with van der Waals surface area (Å²) in [5.74, 6) is -0.0430. The van der Waals surface area contributed by atoms with E-state index in [1.807, 2.05) is 20.8 Å². The second-order valence-corrected chi connectivity index (χ2v) is 6.87. The number of carbonyl (C=O) groups excluding carboxylic acids is 2. The number of hydrogen-bond acceptors (Lipinski definition) is 3. The molecular weight excluding hydrogens is 294 g/mol. The van der Waals surface area contributed by atoms with Gasteiger partial charge in [0.15, 0.2) is 6.54 Å². The zero-order chi connectivity index (χ0) is 16.9. The molecule has 0 aliphatic carbocycles. The Balaban J connectivity index is 1.84. The molecule has 6 nitrogen and oxygen atoms in total. The van der Waals surface area contributed by atoms with Crippen LogP contribution in [0.3, 0.4) is 0 Å². The van der Waals surface area contributed by atoms with Crippen molar-refractivity contribution in [1.82, 2.24) is 0 Å². The second-order valence-electron chi connectivity index (χ2n) is 6.87. The van der Waals surface area contributed by atoms with Crippen molar-refractivity contribution in [2.75, 3.05) is 43.5 Å². The van der Waals surface area contributed by atoms with Gasteiger partial charge in [-0.05, 0) is 24.3 Å². The maximum atomic E-state index is 12.0. The van der Waals surface area contributed by atoms with Crippen molar-refractivity contribution in [2.24, 2.45) is 5.41 Å². The van der Waals surface area contributed by atoms with Gasteiger partial charge < -0.3 is 20.3 Å². The van der Waals surface area contributed by atoms with E-state index in [1.165, 1.54) is 4.90 Å². The van der Waals surface area contributed by atoms with Gasteiger partial charge in [0.2, 0.25) is 5.91 Å². The molecule has 2 amide bonds. The predicted molar refractivity (Wildman–Crippen MR) is 89.5 cm³/mol. The highest BCUT2D eigenvalue weighted by atomic mass is 16.5. The zero-order valence-electron chi connectivity index (χ0n) is 14.1. The van der Waals surface area contributed by atoms with E-state index in [0.717, 1.165) is 24.5 Å². The van der Waals surface area contributed by atoms with Crippen LogP contribution in [0.2, 0.25) is 0 Å². The number of amides is 2. The van der Waals surface area contributed by atoms with Crippen molar-refractivity contribution in [3.8, 4) is 0 Å². The summed E-state index contributed by atoms with van der Waals surface area (Å²) >= 11 is 0. The molecule has 0 radical (unpaired) electrons. The van der Waals surface area contributed by atoms with Crippen molar-refractivity contribution >= 4 is 23.2 Å². The molecule has 1 aromatic carbocycles. The molecule has 2 rings (SSSR count). The molecule has 126 valence electrons. The number of nitrogens with one attached hydrogen (secondary N) is 3. The molecule has 0 atom stereocenters. The molecular formula is C17H26N3O3+. The summed E-state index contributed by atoms with van der Waals surface area (Å²) in [6.07, 6.45) is 0. The van der Waals surface area contributed by atoms with Gasteiger partial charge >= 0.3 is 0 Å². The van der Waals surface area contributed by atoms with Gasteiger partial charge in [0.25, 0.3) is 5.91 Å². The van der Waals surface area contributed by atoms with Gasteiger partial charge in [-0.15, -0.1) is 0 Å². The smallest absolute Gasteiger partial charge is 0.279 e. The van der Waals surface area contributed by atoms with Crippen LogP contribution >= 0.6 is 0 Å². The number of quaternary nitrogens is 1. The van der Waals surface area contributed by atoms with Crippen LogP contribution in [0.5, 0.6) is 0 Å². The summed E-state index contributed by atoms with van der Waals surface area (Å²) in [5, 5.41) is 5.75. The quantitative estimate of drug-likeness (QED) is 0.758. The van der Waals surface area contributed by atoms with Crippen molar-refractivity contribution in [3.05, 3.63) is 24.3 Å². The highest BCUT2D eigenvalue weighted by Crippen LogP contribution is 2.18. The summed E-state index contributed by atoms with van der Waals surface area (Å²) in [4.78, 5) is 25.2. The number of anilines is 2. The molecule has 0 spiro atoms. The van der Waals surface area contributed by atoms with E-state index in [0.29, 0.717) is 19.8 Å². The average Bonchev–Trinajstić information content (AvgIpc) is 2.49. The Morgan fingerprint density at radius 3 is 2.09 bits per heavy atom. The van der Waals surface area contributed by atoms with Crippen molar-refractivity contribution in [1.29, 1.82) is 0 Å². The minimum Gasteiger partial charge on any atom is -0.370 e. The van der Waals surface area contributed by atoms with Crippen LogP contribution in [0.15, 0.2) is 24.3 Å². The molecule has 1 saturated heterocycles. The van der Waals surface area contributed by atoms with E-state index in [4.69, 9.17) is 4.74 Å². The summed E-state index contributed by atoms with van der Waals surface area (Å²) in [6.45, 7) is 9.21. The first-order chi connectivity index (χ1) is 10.8. The summed E-state index contributed by atoms with van der Waals surface area (Å²) in [6, 6.07) is 7.18. The minimum atomic E-state index is -0.437. The van der Waals surface area contributed by atoms with Gasteiger partial charge in [0.05, 0.1) is 13.2 Å². The van der Waals surface area contributed by atoms with Gasteiger partial charge in [0.1, 0.15) is 13.1 Å². The standard InChI is InChI=1S/C17H25N3O3/c1-17(2,3)16(22)19-14-6-4-13(5-7-14)18-15(21)12-20-8-10-23-11-9-20/h4-7H,8-12H2,1-3H3,(H,18,21)(H,19,22)/p+1. The van der Waals surface area contributed by atoms with Crippen LogP contribution in [-0.4, -0.2) is 44.7 Å². The average molecular weight is 320 g/mol. The Morgan fingerprint density at radius 1 is 1.04 bits per heavy atom. The van der Waals surface area contributed by atoms with E-state index in [2.05, 4.69) is 10.6 Å². The first kappa shape index (κ1) is 17.4. The Morgan fingerprint density at radius 2 is 1.57 bits per heavy atom. The van der Waals surface area contributed by atoms with Crippen LogP contribution in [0.4, 0.5) is 11.4 Å². The van der Waals surface area contributed by atoms with Crippen LogP contribution in [0.25, 0.3) is 0 Å². The zero-order valence-corrected chi connectivity index (χ0v) is 14.1. The molecule has 3 N–H and O–H groups in total. The Bertz CT molecular complexity index is 543. The van der Waals surface area contributed by atoms with Crippen LogP contribution in [-0.2, 0) is 14.3 Å². The molecule has 0 aromatic heterocycles. The molecule has 1 aromatic rings. The summed E-state index contributed by atoms with van der Waals surface area (Å²) < 4.78 is 5.28. The molecule has 0 unspecified atom stereocenters. The van der Waals surface area contributed by atoms with Crippen LogP contribution in [0, 0.1) is 5.41 Å². The van der Waals surface area contributed by atoms with Crippen molar-refractivity contribution < 1.29 is 19.2 Å². The lowest BCUT2D eigenvalue weighted by atomic mass is 9.95. The fourth-order valence-electron chi connectivity index (χ4n) is 2.22. The number of morpholine rings is 1. The van der Waals surface area contributed by atoms with Gasteiger partial charge in [0, 0.05) is 16.8 Å². The maximum Gasteiger partial charge on any atom is 0.279 e. The molecule has 1 aliphatic rings. The van der Waals surface area contributed by atoms with E-state index in [9.17, 15) is 9.59 Å². The highest BCUT2D eigenvalue weighted by molar-refractivity contribution is 5.95. The number of hydrogen-bond donors (Lipinski definition) is 3. The minimum absolute atomic E-state index is 0.00613. The Kier molecular flexibility index (Phi) is 5.74. The fourth-order valence-corrected chi connectivity index (χ4v) is 2.22. The predicted octanol–water partition coefficient (Wildman–Crippen LogP) is 0.525. The van der Waals surface area contributed by atoms with Crippen molar-refractivity contribution in [3.63, 3.8) is 0 Å². The second kappa shape index (κ2) is 7.57. The number of ether oxygens (including phenoxy) is 1. The van der Waals surface area contributed by atoms with Gasteiger partial charge in [-0.1, -0.05) is 20.8 Å². The highest BCUT2D eigenvalue weighted by Gasteiger charge is 2.21. The topological polar surface area (TPSA) is 71.9 Å². The van der Waals surface area contributed by atoms with Gasteiger partial charge in [-0.2, -0.15) is 0 Å². The molecule has 1 heterocycles. The number of carbonyl (C=O) groups is 2. The largest absolute Gasteiger partial charge is 0.370 e. The van der Waals surface area contributed by atoms with Gasteiger partial charge in [-0.3, -0.25) is 9.59 Å². The Labute approximate surface area is 137 Å². The third kappa shape index (κ3) is 5.65.